The van der Waals surface area contributed by atoms with Crippen molar-refractivity contribution < 1.29 is 20.8 Å². The Labute approximate surface area is 185 Å². The minimum absolute atomic E-state index is 0.0902. The summed E-state index contributed by atoms with van der Waals surface area (Å²) in [5.41, 5.74) is -1.48. The molecule has 2 amide bonds. The molecule has 0 unspecified atom stereocenters. The first-order valence-electron chi connectivity index (χ1n) is 11.5. The van der Waals surface area contributed by atoms with E-state index in [9.17, 15) is 9.59 Å². The summed E-state index contributed by atoms with van der Waals surface area (Å²) < 4.78 is 53.4. The van der Waals surface area contributed by atoms with Gasteiger partial charge in [0.05, 0.1) is 14.0 Å². The van der Waals surface area contributed by atoms with Crippen LogP contribution < -0.4 is 15.1 Å². The Bertz CT molecular complexity index is 1340. The van der Waals surface area contributed by atoms with Crippen molar-refractivity contribution in [3.05, 3.63) is 58.8 Å². The Balaban J connectivity index is 1.82. The molecule has 2 heterocycles. The zero-order chi connectivity index (χ0) is 25.9. The number of carbonyl (C=O) groups excluding carboxylic acids is 2. The third-order valence-electron chi connectivity index (χ3n) is 5.39. The third kappa shape index (κ3) is 2.75. The van der Waals surface area contributed by atoms with E-state index in [0.29, 0.717) is 30.5 Å². The zero-order valence-electron chi connectivity index (χ0n) is 20.7. The largest absolute Gasteiger partial charge is 0.360 e. The Morgan fingerprint density at radius 1 is 1.50 bits per heavy atom. The molecule has 1 spiro atoms. The van der Waals surface area contributed by atoms with Gasteiger partial charge in [0.1, 0.15) is 17.6 Å². The number of halogens is 1. The molecule has 9 heteroatoms. The summed E-state index contributed by atoms with van der Waals surface area (Å²) in [4.78, 5) is 35.7. The molecule has 1 aromatic carbocycles. The van der Waals surface area contributed by atoms with Crippen molar-refractivity contribution in [1.29, 1.82) is 0 Å². The van der Waals surface area contributed by atoms with Crippen molar-refractivity contribution in [2.75, 3.05) is 16.8 Å². The third-order valence-corrected chi connectivity index (χ3v) is 5.76. The van der Waals surface area contributed by atoms with Gasteiger partial charge in [0.2, 0.25) is 0 Å². The molecule has 30 heavy (non-hydrogen) atoms. The summed E-state index contributed by atoms with van der Waals surface area (Å²) in [5, 5.41) is 1.55. The van der Waals surface area contributed by atoms with Gasteiger partial charge in [-0.05, 0) is 68.2 Å². The number of hydrogen-bond acceptors (Lipinski definition) is 4. The summed E-state index contributed by atoms with van der Waals surface area (Å²) >= 11 is 5.58. The molecule has 1 aliphatic carbocycles. The van der Waals surface area contributed by atoms with E-state index in [1.165, 1.54) is 16.0 Å². The zero-order valence-corrected chi connectivity index (χ0v) is 16.6. The molecule has 1 aliphatic heterocycles. The van der Waals surface area contributed by atoms with Crippen molar-refractivity contribution in [1.82, 2.24) is 10.3 Å². The lowest BCUT2D eigenvalue weighted by molar-refractivity contribution is -0.123. The summed E-state index contributed by atoms with van der Waals surface area (Å²) in [7, 11) is 0. The molecule has 0 radical (unpaired) electrons. The lowest BCUT2D eigenvalue weighted by atomic mass is 9.75. The molecule has 1 saturated carbocycles. The lowest BCUT2D eigenvalue weighted by Gasteiger charge is -2.43. The molecule has 1 N–H and O–H groups in total. The smallest absolute Gasteiger partial charge is 0.272 e. The first-order chi connectivity index (χ1) is 16.3. The first kappa shape index (κ1) is 14.6. The van der Waals surface area contributed by atoms with E-state index in [0.717, 1.165) is 6.07 Å². The number of nitrogens with zero attached hydrogens (tertiary/aromatic N) is 4. The van der Waals surface area contributed by atoms with Gasteiger partial charge in [-0.2, -0.15) is 0 Å². The van der Waals surface area contributed by atoms with Crippen LogP contribution in [0.25, 0.3) is 4.85 Å². The molecule has 1 aromatic heterocycles. The number of benzene rings is 1. The number of aryl methyl sites for hydroxylation is 1. The van der Waals surface area contributed by atoms with E-state index in [1.807, 2.05) is 0 Å². The van der Waals surface area contributed by atoms with Gasteiger partial charge in [0, 0.05) is 16.8 Å². The van der Waals surface area contributed by atoms with E-state index >= 15 is 4.39 Å². The van der Waals surface area contributed by atoms with Crippen LogP contribution in [-0.4, -0.2) is 34.4 Å². The first-order valence-corrected chi connectivity index (χ1v) is 9.38. The molecule has 4 rings (SSSR count). The van der Waals surface area contributed by atoms with Crippen LogP contribution in [0.4, 0.5) is 21.6 Å². The maximum Gasteiger partial charge on any atom is 0.272 e. The number of carbonyl (C=O) groups is 2. The summed E-state index contributed by atoms with van der Waals surface area (Å²) in [6.07, 6.45) is 2.68. The highest BCUT2D eigenvalue weighted by Crippen LogP contribution is 2.48. The molecular weight excluding hydrogens is 405 g/mol. The van der Waals surface area contributed by atoms with Crippen molar-refractivity contribution in [2.24, 2.45) is 0 Å². The van der Waals surface area contributed by atoms with Crippen LogP contribution in [0.1, 0.15) is 42.0 Å². The summed E-state index contributed by atoms with van der Waals surface area (Å²) in [6.45, 7) is 5.94. The van der Waals surface area contributed by atoms with Gasteiger partial charge in [0.25, 0.3) is 17.6 Å². The van der Waals surface area contributed by atoms with Gasteiger partial charge in [-0.15, -0.1) is 4.98 Å². The molecule has 152 valence electrons. The topological polar surface area (TPSA) is 69.9 Å². The van der Waals surface area contributed by atoms with Crippen molar-refractivity contribution >= 4 is 46.3 Å². The minimum Gasteiger partial charge on any atom is -0.360 e. The van der Waals surface area contributed by atoms with Crippen LogP contribution in [0.5, 0.6) is 0 Å². The van der Waals surface area contributed by atoms with E-state index in [2.05, 4.69) is 9.83 Å². The van der Waals surface area contributed by atoms with Gasteiger partial charge >= 0.3 is 0 Å². The average Bonchev–Trinajstić information content (AvgIpc) is 2.96. The standard InChI is InChI=1S/C21H18FN5O2S/c1-12-9-14(11-25-17(12)23-2)26-19(29)21(7-4-8-21)27(20(26)30)13-5-6-15(16(22)10-13)18(28)24-3/h5-6,9-11H,4,7-8H2,1,3H3,(H,24,28)/i3D3,5D,10D. The SMILES string of the molecule is [2H]c1cc(C(=O)NC([2H])([2H])[2H])c(F)c([2H])c1N1C(=S)N(c2cnc([N+]#[C-])c(C)c2)C(=O)C12CCC2. The van der Waals surface area contributed by atoms with Crippen LogP contribution in [0, 0.1) is 19.3 Å². The van der Waals surface area contributed by atoms with Crippen molar-refractivity contribution in [3.8, 4) is 0 Å². The molecule has 0 atom stereocenters. The highest BCUT2D eigenvalue weighted by atomic mass is 32.1. The molecule has 2 aromatic rings. The second kappa shape index (κ2) is 7.15. The van der Waals surface area contributed by atoms with Crippen LogP contribution in [0.2, 0.25) is 0 Å². The second-order valence-electron chi connectivity index (χ2n) is 7.03. The van der Waals surface area contributed by atoms with E-state index in [-0.39, 0.29) is 16.6 Å². The molecule has 7 nitrogen and oxygen atoms in total. The summed E-state index contributed by atoms with van der Waals surface area (Å²) in [6, 6.07) is 1.08. The number of aromatic nitrogens is 1. The number of amides is 2. The van der Waals surface area contributed by atoms with Gasteiger partial charge in [-0.1, -0.05) is 6.57 Å². The number of nitrogens with one attached hydrogen (secondary N) is 1. The van der Waals surface area contributed by atoms with E-state index in [1.54, 1.807) is 18.3 Å². The molecular formula is C21H18FN5O2S. The van der Waals surface area contributed by atoms with Crippen molar-refractivity contribution in [3.63, 3.8) is 0 Å². The van der Waals surface area contributed by atoms with Gasteiger partial charge in [-0.25, -0.2) is 4.39 Å². The Hall–Kier alpha value is -3.38. The van der Waals surface area contributed by atoms with Crippen LogP contribution >= 0.6 is 12.2 Å². The fraction of sp³-hybridized carbons (Fsp3) is 0.286. The Kier molecular flexibility index (Phi) is 3.47. The highest BCUT2D eigenvalue weighted by Gasteiger charge is 2.59. The monoisotopic (exact) mass is 428 g/mol. The highest BCUT2D eigenvalue weighted by molar-refractivity contribution is 7.81. The second-order valence-corrected chi connectivity index (χ2v) is 7.40. The van der Waals surface area contributed by atoms with Crippen LogP contribution in [0.15, 0.2) is 30.4 Å². The molecule has 2 aliphatic rings. The number of thiocarbonyl (C=S) groups is 1. The van der Waals surface area contributed by atoms with Crippen molar-refractivity contribution in [2.45, 2.75) is 31.7 Å². The number of anilines is 2. The fourth-order valence-corrected chi connectivity index (χ4v) is 4.17. The number of hydrogen-bond donors (Lipinski definition) is 1. The van der Waals surface area contributed by atoms with Gasteiger partial charge in [0.15, 0.2) is 5.11 Å². The average molecular weight is 429 g/mol. The fourth-order valence-electron chi connectivity index (χ4n) is 3.72. The molecule has 0 bridgehead atoms. The predicted octanol–water partition coefficient (Wildman–Crippen LogP) is 3.50. The van der Waals surface area contributed by atoms with E-state index < -0.39 is 47.8 Å². The van der Waals surface area contributed by atoms with E-state index in [4.69, 9.17) is 25.6 Å². The van der Waals surface area contributed by atoms with Gasteiger partial charge in [-0.3, -0.25) is 14.5 Å². The minimum atomic E-state index is -2.89. The Morgan fingerprint density at radius 2 is 2.27 bits per heavy atom. The van der Waals surface area contributed by atoms with Gasteiger partial charge < -0.3 is 15.1 Å². The quantitative estimate of drug-likeness (QED) is 0.599. The van der Waals surface area contributed by atoms with Crippen LogP contribution in [-0.2, 0) is 4.79 Å². The maximum atomic E-state index is 15.2. The molecule has 2 fully saturated rings. The molecule has 1 saturated heterocycles. The Morgan fingerprint density at radius 3 is 2.87 bits per heavy atom. The van der Waals surface area contributed by atoms with Crippen LogP contribution in [0.3, 0.4) is 0 Å². The maximum absolute atomic E-state index is 15.2. The normalized spacial score (nSPS) is 20.0. The predicted molar refractivity (Wildman–Crippen MR) is 114 cm³/mol. The number of pyridine rings is 1. The lowest BCUT2D eigenvalue weighted by Crippen LogP contribution is -2.55. The number of rotatable bonds is 3. The summed E-state index contributed by atoms with van der Waals surface area (Å²) in [5.74, 6) is -2.89.